The van der Waals surface area contributed by atoms with Crippen LogP contribution in [0.1, 0.15) is 36.5 Å². The highest BCUT2D eigenvalue weighted by molar-refractivity contribution is 8.26. The van der Waals surface area contributed by atoms with E-state index in [0.29, 0.717) is 27.3 Å². The highest BCUT2D eigenvalue weighted by atomic mass is 32.2. The molecular formula is C28H29N3O2S2. The van der Waals surface area contributed by atoms with Crippen molar-refractivity contribution in [1.29, 1.82) is 0 Å². The Kier molecular flexibility index (Phi) is 6.55. The fourth-order valence-corrected chi connectivity index (χ4v) is 6.09. The van der Waals surface area contributed by atoms with Crippen LogP contribution in [0.25, 0.3) is 17.0 Å². The molecule has 1 aromatic heterocycles. The number of amides is 1. The zero-order valence-corrected chi connectivity index (χ0v) is 21.9. The molecule has 0 N–H and O–H groups in total. The Morgan fingerprint density at radius 3 is 2.46 bits per heavy atom. The van der Waals surface area contributed by atoms with E-state index < -0.39 is 0 Å². The minimum Gasteiger partial charge on any atom is -0.370 e. The lowest BCUT2D eigenvalue weighted by atomic mass is 9.97. The first-order valence-electron chi connectivity index (χ1n) is 12.0. The number of carbonyl (C=O) groups excluding carboxylic acids is 1. The molecule has 1 amide bonds. The number of hydrogen-bond donors (Lipinski definition) is 0. The molecule has 2 aromatic carbocycles. The maximum atomic E-state index is 13.6. The van der Waals surface area contributed by atoms with E-state index in [2.05, 4.69) is 17.9 Å². The van der Waals surface area contributed by atoms with Crippen molar-refractivity contribution in [2.24, 2.45) is 13.0 Å². The van der Waals surface area contributed by atoms with Gasteiger partial charge in [0.15, 0.2) is 0 Å². The lowest BCUT2D eigenvalue weighted by Crippen LogP contribution is -2.35. The maximum absolute atomic E-state index is 13.6. The minimum absolute atomic E-state index is 0.0962. The summed E-state index contributed by atoms with van der Waals surface area (Å²) >= 11 is 6.85. The zero-order chi connectivity index (χ0) is 24.7. The van der Waals surface area contributed by atoms with E-state index in [-0.39, 0.29) is 11.5 Å². The van der Waals surface area contributed by atoms with Crippen LogP contribution in [0.5, 0.6) is 0 Å². The molecule has 2 fully saturated rings. The van der Waals surface area contributed by atoms with Gasteiger partial charge in [0.1, 0.15) is 4.32 Å². The lowest BCUT2D eigenvalue weighted by Gasteiger charge is -2.34. The fraction of sp³-hybridized carbons (Fsp3) is 0.321. The van der Waals surface area contributed by atoms with E-state index in [9.17, 15) is 9.59 Å². The summed E-state index contributed by atoms with van der Waals surface area (Å²) in [6, 6.07) is 16.1. The van der Waals surface area contributed by atoms with Crippen LogP contribution >= 0.6 is 24.0 Å². The van der Waals surface area contributed by atoms with Crippen LogP contribution in [0, 0.1) is 12.8 Å². The van der Waals surface area contributed by atoms with Gasteiger partial charge in [0.25, 0.3) is 11.5 Å². The maximum Gasteiger partial charge on any atom is 0.266 e. The molecule has 0 radical (unpaired) electrons. The zero-order valence-electron chi connectivity index (χ0n) is 20.3. The monoisotopic (exact) mass is 503 g/mol. The van der Waals surface area contributed by atoms with Crippen LogP contribution in [-0.2, 0) is 18.4 Å². The topological polar surface area (TPSA) is 45.6 Å². The number of rotatable bonds is 4. The predicted molar refractivity (Wildman–Crippen MR) is 150 cm³/mol. The molecular weight excluding hydrogens is 474 g/mol. The van der Waals surface area contributed by atoms with E-state index in [1.54, 1.807) is 22.6 Å². The molecule has 0 saturated carbocycles. The van der Waals surface area contributed by atoms with Crippen molar-refractivity contribution in [2.75, 3.05) is 18.0 Å². The van der Waals surface area contributed by atoms with Crippen molar-refractivity contribution in [1.82, 2.24) is 9.47 Å². The van der Waals surface area contributed by atoms with E-state index in [1.165, 1.54) is 17.3 Å². The lowest BCUT2D eigenvalue weighted by molar-refractivity contribution is -0.122. The Morgan fingerprint density at radius 2 is 1.74 bits per heavy atom. The summed E-state index contributed by atoms with van der Waals surface area (Å²) < 4.78 is 2.21. The standard InChI is InChI=1S/C28H29N3O2S2/c1-18-8-10-20(11-9-18)17-31-27(33)24(35-28(31)34)16-22-25(30-14-12-19(2)13-15-30)21-6-4-5-7-23(21)29(3)26(22)32/h4-11,16,19H,12-15,17H2,1-3H3. The van der Waals surface area contributed by atoms with Gasteiger partial charge in [-0.1, -0.05) is 78.9 Å². The van der Waals surface area contributed by atoms with Crippen molar-refractivity contribution < 1.29 is 4.79 Å². The molecule has 0 aliphatic carbocycles. The first-order valence-corrected chi connectivity index (χ1v) is 13.2. The molecule has 0 unspecified atom stereocenters. The third-order valence-electron chi connectivity index (χ3n) is 7.02. The number of hydrogen-bond acceptors (Lipinski definition) is 5. The van der Waals surface area contributed by atoms with E-state index in [4.69, 9.17) is 12.2 Å². The molecule has 0 spiro atoms. The highest BCUT2D eigenvalue weighted by Gasteiger charge is 2.33. The van der Waals surface area contributed by atoms with Crippen molar-refractivity contribution in [2.45, 2.75) is 33.2 Å². The van der Waals surface area contributed by atoms with Crippen LogP contribution in [0.15, 0.2) is 58.2 Å². The van der Waals surface area contributed by atoms with Gasteiger partial charge in [0.2, 0.25) is 0 Å². The van der Waals surface area contributed by atoms with E-state index >= 15 is 0 Å². The quantitative estimate of drug-likeness (QED) is 0.348. The summed E-state index contributed by atoms with van der Waals surface area (Å²) in [7, 11) is 1.80. The van der Waals surface area contributed by atoms with Crippen molar-refractivity contribution >= 4 is 56.9 Å². The second-order valence-electron chi connectivity index (χ2n) is 9.57. The average molecular weight is 504 g/mol. The molecule has 7 heteroatoms. The van der Waals surface area contributed by atoms with Gasteiger partial charge in [0.05, 0.1) is 28.2 Å². The SMILES string of the molecule is Cc1ccc(CN2C(=O)C(=Cc3c(N4CCC(C)CC4)c4ccccc4n(C)c3=O)SC2=S)cc1. The number of anilines is 1. The first kappa shape index (κ1) is 23.8. The smallest absolute Gasteiger partial charge is 0.266 e. The summed E-state index contributed by atoms with van der Waals surface area (Å²) in [5.41, 5.74) is 4.50. The highest BCUT2D eigenvalue weighted by Crippen LogP contribution is 2.37. The molecule has 3 heterocycles. The van der Waals surface area contributed by atoms with Crippen molar-refractivity contribution in [3.63, 3.8) is 0 Å². The number of thiocarbonyl (C=S) groups is 1. The predicted octanol–water partition coefficient (Wildman–Crippen LogP) is 5.48. The van der Waals surface area contributed by atoms with E-state index in [1.807, 2.05) is 49.4 Å². The molecule has 180 valence electrons. The van der Waals surface area contributed by atoms with Crippen LogP contribution in [0.2, 0.25) is 0 Å². The number of piperidine rings is 1. The Balaban J connectivity index is 1.58. The van der Waals surface area contributed by atoms with Crippen molar-refractivity contribution in [3.8, 4) is 0 Å². The van der Waals surface area contributed by atoms with Gasteiger partial charge >= 0.3 is 0 Å². The molecule has 2 aliphatic rings. The van der Waals surface area contributed by atoms with Gasteiger partial charge in [-0.25, -0.2) is 0 Å². The third kappa shape index (κ3) is 4.55. The van der Waals surface area contributed by atoms with Gasteiger partial charge < -0.3 is 9.47 Å². The van der Waals surface area contributed by atoms with E-state index in [0.717, 1.165) is 48.1 Å². The summed E-state index contributed by atoms with van der Waals surface area (Å²) in [5.74, 6) is 0.527. The van der Waals surface area contributed by atoms with Crippen LogP contribution < -0.4 is 10.5 Å². The van der Waals surface area contributed by atoms with Crippen LogP contribution in [0.3, 0.4) is 0 Å². The van der Waals surface area contributed by atoms with Gasteiger partial charge in [0, 0.05) is 25.5 Å². The number of pyridine rings is 1. The third-order valence-corrected chi connectivity index (χ3v) is 8.40. The molecule has 5 rings (SSSR count). The number of aryl methyl sites for hydroxylation is 2. The normalized spacial score (nSPS) is 18.3. The molecule has 5 nitrogen and oxygen atoms in total. The first-order chi connectivity index (χ1) is 16.8. The second-order valence-corrected chi connectivity index (χ2v) is 11.2. The van der Waals surface area contributed by atoms with Gasteiger partial charge in [-0.05, 0) is 43.4 Å². The van der Waals surface area contributed by atoms with Gasteiger partial charge in [-0.3, -0.25) is 14.5 Å². The summed E-state index contributed by atoms with van der Waals surface area (Å²) in [6.45, 7) is 6.53. The number of fused-ring (bicyclic) bond motifs is 1. The largest absolute Gasteiger partial charge is 0.370 e. The minimum atomic E-state index is -0.144. The summed E-state index contributed by atoms with van der Waals surface area (Å²) in [4.78, 5) is 31.5. The number of aromatic nitrogens is 1. The molecule has 2 saturated heterocycles. The molecule has 2 aliphatic heterocycles. The Labute approximate surface area is 215 Å². The number of carbonyl (C=O) groups is 1. The molecule has 35 heavy (non-hydrogen) atoms. The fourth-order valence-electron chi connectivity index (χ4n) is 4.85. The number of nitrogens with zero attached hydrogens (tertiary/aromatic N) is 3. The molecule has 0 atom stereocenters. The van der Waals surface area contributed by atoms with Gasteiger partial charge in [-0.2, -0.15) is 0 Å². The molecule has 3 aromatic rings. The Morgan fingerprint density at radius 1 is 1.06 bits per heavy atom. The van der Waals surface area contributed by atoms with Gasteiger partial charge in [-0.15, -0.1) is 0 Å². The van der Waals surface area contributed by atoms with Crippen LogP contribution in [-0.4, -0.2) is 32.8 Å². The summed E-state index contributed by atoms with van der Waals surface area (Å²) in [5, 5.41) is 1.03. The Hall–Kier alpha value is -2.90. The average Bonchev–Trinajstić information content (AvgIpc) is 3.12. The summed E-state index contributed by atoms with van der Waals surface area (Å²) in [6.07, 6.45) is 3.94. The van der Waals surface area contributed by atoms with Crippen LogP contribution in [0.4, 0.5) is 5.69 Å². The number of thioether (sulfide) groups is 1. The number of benzene rings is 2. The van der Waals surface area contributed by atoms with Crippen molar-refractivity contribution in [3.05, 3.63) is 80.5 Å². The molecule has 0 bridgehead atoms. The second kappa shape index (κ2) is 9.63. The number of para-hydroxylation sites is 1. The Bertz CT molecular complexity index is 1400.